The van der Waals surface area contributed by atoms with Crippen LogP contribution in [0.3, 0.4) is 0 Å². The molecule has 0 amide bonds. The Morgan fingerprint density at radius 2 is 1.37 bits per heavy atom. The number of benzene rings is 3. The van der Waals surface area contributed by atoms with Gasteiger partial charge in [0.05, 0.1) is 0 Å². The minimum absolute atomic E-state index is 0.222. The molecular weight excluding hydrogens is 790 g/mol. The Hall–Kier alpha value is -1.95. The Bertz CT molecular complexity index is 1540. The molecule has 1 aromatic heterocycles. The molecule has 1 aliphatic rings. The van der Waals surface area contributed by atoms with Crippen molar-refractivity contribution in [2.75, 3.05) is 22.9 Å². The van der Waals surface area contributed by atoms with Gasteiger partial charge in [0.1, 0.15) is 0 Å². The molecule has 3 aromatic carbocycles. The number of nitrogens with zero attached hydrogens (tertiary/aromatic N) is 3. The summed E-state index contributed by atoms with van der Waals surface area (Å²) in [4.78, 5) is 8.65. The van der Waals surface area contributed by atoms with Crippen LogP contribution in [0.15, 0.2) is 71.5 Å². The van der Waals surface area contributed by atoms with Crippen LogP contribution < -0.4 is 9.80 Å². The van der Waals surface area contributed by atoms with Crippen LogP contribution >= 0.6 is 46.9 Å². The van der Waals surface area contributed by atoms with Gasteiger partial charge in [-0.05, 0) is 91.9 Å². The van der Waals surface area contributed by atoms with Crippen LogP contribution in [0.25, 0.3) is 0 Å². The molecule has 1 saturated heterocycles. The van der Waals surface area contributed by atoms with Crippen LogP contribution in [0.4, 0.5) is 11.4 Å². The van der Waals surface area contributed by atoms with Gasteiger partial charge >= 0.3 is 115 Å². The number of hydrogen-bond acceptors (Lipinski definition) is 3. The molecule has 9 heteroatoms. The molecule has 0 N–H and O–H groups in total. The fourth-order valence-corrected chi connectivity index (χ4v) is 7.84. The first-order valence-corrected chi connectivity index (χ1v) is 21.6. The third-order valence-electron chi connectivity index (χ3n) is 7.34. The van der Waals surface area contributed by atoms with E-state index in [1.807, 2.05) is 48.8 Å². The minimum atomic E-state index is -1.87. The van der Waals surface area contributed by atoms with E-state index in [2.05, 4.69) is 115 Å². The van der Waals surface area contributed by atoms with Crippen LogP contribution in [0.2, 0.25) is 5.02 Å². The Kier molecular flexibility index (Phi) is 15.1. The van der Waals surface area contributed by atoms with E-state index < -0.39 is 13.5 Å². The van der Waals surface area contributed by atoms with Gasteiger partial charge < -0.3 is 9.80 Å². The standard InChI is InChI=1S/C21H27N2.C11H13ClO.C5H4BrN.2ClH.Ru/c1-14-9-16(3)20(17(4)10-14)22-7-8-23(13-22)21-18(5)11-15(2)12-19(21)6;1-8(2)13(4)11-6-5-10(12)7-9(11)3;6-5-2-1-3-7-4-5;;;/h9-13H,7-8H2,1-6H3;3,5-8H,4H2,1-2H3;1-4H;2*1H;/q-1;;;;;+2/p-2. The second-order valence-electron chi connectivity index (χ2n) is 11.6. The van der Waals surface area contributed by atoms with Crippen molar-refractivity contribution in [2.45, 2.75) is 61.5 Å². The Labute approximate surface area is 303 Å². The first kappa shape index (κ1) is 38.5. The maximum absolute atomic E-state index is 5.95. The summed E-state index contributed by atoms with van der Waals surface area (Å²) >= 11 is 7.33. The predicted molar refractivity (Wildman–Crippen MR) is 202 cm³/mol. The number of rotatable bonds is 5. The summed E-state index contributed by atoms with van der Waals surface area (Å²) in [5, 5.41) is 0.663. The van der Waals surface area contributed by atoms with E-state index >= 15 is 0 Å². The summed E-state index contributed by atoms with van der Waals surface area (Å²) in [6, 6.07) is 18.5. The second kappa shape index (κ2) is 18.0. The van der Waals surface area contributed by atoms with Crippen LogP contribution in [0, 0.1) is 55.3 Å². The Morgan fingerprint density at radius 1 is 0.870 bits per heavy atom. The zero-order valence-corrected chi connectivity index (χ0v) is 33.4. The topological polar surface area (TPSA) is 22.1 Å². The summed E-state index contributed by atoms with van der Waals surface area (Å²) in [7, 11) is 15.7. The third-order valence-corrected chi connectivity index (χ3v) is 9.88. The van der Waals surface area contributed by atoms with Crippen LogP contribution in [0.1, 0.15) is 52.8 Å². The molecule has 0 unspecified atom stereocenters. The van der Waals surface area contributed by atoms with Crippen LogP contribution in [-0.4, -0.2) is 28.8 Å². The van der Waals surface area contributed by atoms with Crippen molar-refractivity contribution >= 4 is 62.9 Å². The second-order valence-corrected chi connectivity index (χ2v) is 18.7. The van der Waals surface area contributed by atoms with Gasteiger partial charge in [0.25, 0.3) is 0 Å². The molecule has 5 rings (SSSR count). The van der Waals surface area contributed by atoms with Crippen molar-refractivity contribution in [2.24, 2.45) is 0 Å². The van der Waals surface area contributed by atoms with Crippen LogP contribution in [-0.2, 0) is 17.9 Å². The first-order valence-electron chi connectivity index (χ1n) is 14.9. The maximum atomic E-state index is 5.95. The summed E-state index contributed by atoms with van der Waals surface area (Å²) in [5.41, 5.74) is 11.8. The van der Waals surface area contributed by atoms with Crippen molar-refractivity contribution in [3.63, 3.8) is 0 Å². The molecule has 0 aliphatic carbocycles. The fourth-order valence-electron chi connectivity index (χ4n) is 5.61. The van der Waals surface area contributed by atoms with Gasteiger partial charge in [-0.15, -0.1) is 0 Å². The van der Waals surface area contributed by atoms with Gasteiger partial charge in [-0.3, -0.25) is 4.98 Å². The predicted octanol–water partition coefficient (Wildman–Crippen LogP) is 11.7. The average Bonchev–Trinajstić information content (AvgIpc) is 3.41. The summed E-state index contributed by atoms with van der Waals surface area (Å²) in [6.45, 7) is 21.6. The van der Waals surface area contributed by atoms with E-state index in [1.165, 1.54) is 44.8 Å². The zero-order chi connectivity index (χ0) is 34.1. The molecule has 0 spiro atoms. The Morgan fingerprint density at radius 3 is 1.74 bits per heavy atom. The number of aryl methyl sites for hydroxylation is 6. The number of aromatic nitrogens is 1. The molecule has 2 heterocycles. The quantitative estimate of drug-likeness (QED) is 0.114. The number of hydrogen-bond donors (Lipinski definition) is 0. The molecule has 46 heavy (non-hydrogen) atoms. The van der Waals surface area contributed by atoms with Crippen molar-refractivity contribution < 1.29 is 17.9 Å². The molecule has 4 aromatic rings. The summed E-state index contributed by atoms with van der Waals surface area (Å²) in [6.07, 6.45) is 3.71. The SMILES string of the molecule is Brc1cccnc1.Cc1cc(C)c(N2[CH-]N(c3c(C)cc(C)cc3C)CC2)c(C)c1.[CH2-][O+](c1ccc(Cl)cc1[CH]=[Ru]([Cl])[Cl])C(C)C. The van der Waals surface area contributed by atoms with E-state index in [-0.39, 0.29) is 6.10 Å². The van der Waals surface area contributed by atoms with Crippen molar-refractivity contribution in [1.29, 1.82) is 0 Å². The van der Waals surface area contributed by atoms with Gasteiger partial charge in [0, 0.05) is 41.3 Å². The monoisotopic (exact) mass is 832 g/mol. The van der Waals surface area contributed by atoms with E-state index in [1.54, 1.807) is 12.4 Å². The number of anilines is 2. The molecule has 1 aliphatic heterocycles. The van der Waals surface area contributed by atoms with Gasteiger partial charge in [0.2, 0.25) is 0 Å². The van der Waals surface area contributed by atoms with Gasteiger partial charge in [0.15, 0.2) is 0 Å². The first-order chi connectivity index (χ1) is 21.7. The van der Waals surface area contributed by atoms with Crippen molar-refractivity contribution in [3.05, 3.63) is 129 Å². The third kappa shape index (κ3) is 11.1. The molecule has 0 radical (unpaired) electrons. The number of halogens is 4. The van der Waals surface area contributed by atoms with E-state index in [0.29, 0.717) is 5.02 Å². The number of pyridine rings is 1. The normalized spacial score (nSPS) is 12.7. The molecular formula is C37H44BrCl3N3ORu-. The van der Waals surface area contributed by atoms with E-state index in [4.69, 9.17) is 31.0 Å². The zero-order valence-electron chi connectivity index (χ0n) is 27.8. The molecule has 4 nitrogen and oxygen atoms in total. The van der Waals surface area contributed by atoms with Gasteiger partial charge in [-0.2, -0.15) is 6.67 Å². The van der Waals surface area contributed by atoms with Gasteiger partial charge in [-0.25, -0.2) is 0 Å². The molecule has 0 atom stereocenters. The van der Waals surface area contributed by atoms with Crippen LogP contribution in [0.5, 0.6) is 5.75 Å². The average molecular weight is 834 g/mol. The molecule has 1 fully saturated rings. The van der Waals surface area contributed by atoms with E-state index in [0.717, 1.165) is 28.9 Å². The fraction of sp³-hybridized carbons (Fsp3) is 0.297. The summed E-state index contributed by atoms with van der Waals surface area (Å²) < 4.78 is 5.66. The molecule has 0 bridgehead atoms. The summed E-state index contributed by atoms with van der Waals surface area (Å²) in [5.74, 6) is 0.916. The van der Waals surface area contributed by atoms with Crippen molar-refractivity contribution in [1.82, 2.24) is 4.98 Å². The van der Waals surface area contributed by atoms with Gasteiger partial charge in [-0.1, -0.05) is 35.4 Å². The van der Waals surface area contributed by atoms with Crippen molar-refractivity contribution in [3.8, 4) is 5.75 Å². The molecule has 0 saturated carbocycles. The molecule has 250 valence electrons. The van der Waals surface area contributed by atoms with E-state index in [9.17, 15) is 0 Å². The Balaban J connectivity index is 0.000000216.